The summed E-state index contributed by atoms with van der Waals surface area (Å²) in [5.41, 5.74) is 10.4. The first-order chi connectivity index (χ1) is 15.0. The Morgan fingerprint density at radius 3 is 2.61 bits per heavy atom. The molecule has 3 aromatic rings. The van der Waals surface area contributed by atoms with E-state index in [2.05, 4.69) is 27.2 Å². The highest BCUT2D eigenvalue weighted by Gasteiger charge is 2.24. The van der Waals surface area contributed by atoms with Crippen molar-refractivity contribution in [1.82, 2.24) is 14.9 Å². The molecule has 0 atom stereocenters. The number of nitrogens with zero attached hydrogens (tertiary/aromatic N) is 2. The van der Waals surface area contributed by atoms with E-state index in [0.717, 1.165) is 42.5 Å². The standard InChI is InChI=1S/C24H28FN5O/c1-30-14-12-17(13-15-30)22(26)19(11-8-16-6-9-18(25)10-7-16)23(31)29-24-27-20-4-2-3-5-21(20)28-24/h2-7,9-10,17H,8,11-15,26H2,1H3,(H2,27,28,29,31)/b22-19-. The van der Waals surface area contributed by atoms with Crippen LogP contribution < -0.4 is 11.1 Å². The second kappa shape index (κ2) is 9.31. The van der Waals surface area contributed by atoms with Gasteiger partial charge in [-0.05, 0) is 75.6 Å². The second-order valence-electron chi connectivity index (χ2n) is 8.19. The van der Waals surface area contributed by atoms with Crippen molar-refractivity contribution in [2.45, 2.75) is 25.7 Å². The predicted octanol–water partition coefficient (Wildman–Crippen LogP) is 3.83. The van der Waals surface area contributed by atoms with Gasteiger partial charge in [0.05, 0.1) is 11.0 Å². The molecule has 1 aliphatic rings. The fraction of sp³-hybridized carbons (Fsp3) is 0.333. The molecule has 4 N–H and O–H groups in total. The first kappa shape index (κ1) is 21.1. The number of nitrogens with one attached hydrogen (secondary N) is 2. The number of benzene rings is 2. The number of para-hydroxylation sites is 2. The van der Waals surface area contributed by atoms with Crippen LogP contribution >= 0.6 is 0 Å². The van der Waals surface area contributed by atoms with Crippen LogP contribution in [0.3, 0.4) is 0 Å². The zero-order valence-corrected chi connectivity index (χ0v) is 17.7. The van der Waals surface area contributed by atoms with Crippen LogP contribution in [0.15, 0.2) is 59.8 Å². The van der Waals surface area contributed by atoms with E-state index in [0.29, 0.717) is 30.1 Å². The Kier molecular flexibility index (Phi) is 6.32. The van der Waals surface area contributed by atoms with Gasteiger partial charge in [-0.2, -0.15) is 0 Å². The number of carbonyl (C=O) groups is 1. The molecule has 1 saturated heterocycles. The Balaban J connectivity index is 1.56. The number of aromatic amines is 1. The maximum absolute atomic E-state index is 13.2. The Hall–Kier alpha value is -3.19. The molecular formula is C24H28FN5O. The van der Waals surface area contributed by atoms with Gasteiger partial charge in [-0.25, -0.2) is 9.37 Å². The van der Waals surface area contributed by atoms with Crippen molar-refractivity contribution in [1.29, 1.82) is 0 Å². The van der Waals surface area contributed by atoms with Gasteiger partial charge in [-0.1, -0.05) is 24.3 Å². The van der Waals surface area contributed by atoms with Gasteiger partial charge in [-0.3, -0.25) is 10.1 Å². The quantitative estimate of drug-likeness (QED) is 0.528. The number of likely N-dealkylation sites (tertiary alicyclic amines) is 1. The third-order valence-corrected chi connectivity index (χ3v) is 5.98. The van der Waals surface area contributed by atoms with Crippen LogP contribution in [0.25, 0.3) is 11.0 Å². The van der Waals surface area contributed by atoms with E-state index in [1.807, 2.05) is 24.3 Å². The zero-order chi connectivity index (χ0) is 21.8. The molecule has 0 aliphatic carbocycles. The first-order valence-electron chi connectivity index (χ1n) is 10.7. The topological polar surface area (TPSA) is 87.0 Å². The summed E-state index contributed by atoms with van der Waals surface area (Å²) in [5.74, 6) is 0.0769. The number of fused-ring (bicyclic) bond motifs is 1. The number of nitrogens with two attached hydrogens (primary N) is 1. The highest BCUT2D eigenvalue weighted by molar-refractivity contribution is 6.04. The number of hydrogen-bond donors (Lipinski definition) is 3. The summed E-state index contributed by atoms with van der Waals surface area (Å²) in [5, 5.41) is 2.89. The lowest BCUT2D eigenvalue weighted by molar-refractivity contribution is -0.113. The van der Waals surface area contributed by atoms with Crippen molar-refractivity contribution in [2.24, 2.45) is 11.7 Å². The molecule has 0 radical (unpaired) electrons. The van der Waals surface area contributed by atoms with Gasteiger partial charge in [0, 0.05) is 17.2 Å². The van der Waals surface area contributed by atoms with Crippen molar-refractivity contribution < 1.29 is 9.18 Å². The van der Waals surface area contributed by atoms with Crippen LogP contribution in [0.2, 0.25) is 0 Å². The largest absolute Gasteiger partial charge is 0.401 e. The number of rotatable bonds is 6. The molecule has 1 aliphatic heterocycles. The van der Waals surface area contributed by atoms with E-state index in [1.54, 1.807) is 12.1 Å². The van der Waals surface area contributed by atoms with Crippen LogP contribution in [0.4, 0.5) is 10.3 Å². The van der Waals surface area contributed by atoms with Gasteiger partial charge in [-0.15, -0.1) is 0 Å². The van der Waals surface area contributed by atoms with Gasteiger partial charge >= 0.3 is 0 Å². The minimum atomic E-state index is -0.270. The second-order valence-corrected chi connectivity index (χ2v) is 8.19. The summed E-state index contributed by atoms with van der Waals surface area (Å²) in [6.45, 7) is 1.92. The molecule has 1 aromatic heterocycles. The van der Waals surface area contributed by atoms with Crippen LogP contribution in [0, 0.1) is 11.7 Å². The molecule has 4 rings (SSSR count). The van der Waals surface area contributed by atoms with E-state index in [9.17, 15) is 9.18 Å². The van der Waals surface area contributed by atoms with Gasteiger partial charge in [0.25, 0.3) is 5.91 Å². The number of aryl methyl sites for hydroxylation is 1. The minimum absolute atomic E-state index is 0.181. The molecule has 31 heavy (non-hydrogen) atoms. The van der Waals surface area contributed by atoms with Crippen molar-refractivity contribution >= 4 is 22.9 Å². The number of H-pyrrole nitrogens is 1. The number of carbonyl (C=O) groups excluding carboxylic acids is 1. The number of aromatic nitrogens is 2. The molecule has 1 amide bonds. The number of imidazole rings is 1. The minimum Gasteiger partial charge on any atom is -0.401 e. The first-order valence-corrected chi connectivity index (χ1v) is 10.7. The molecule has 0 saturated carbocycles. The molecule has 7 heteroatoms. The zero-order valence-electron chi connectivity index (χ0n) is 17.7. The highest BCUT2D eigenvalue weighted by atomic mass is 19.1. The number of amides is 1. The molecule has 0 bridgehead atoms. The average molecular weight is 422 g/mol. The summed E-state index contributed by atoms with van der Waals surface area (Å²) in [7, 11) is 2.10. The third-order valence-electron chi connectivity index (χ3n) is 5.98. The summed E-state index contributed by atoms with van der Waals surface area (Å²) in [6, 6.07) is 14.0. The average Bonchev–Trinajstić information content (AvgIpc) is 3.17. The SMILES string of the molecule is CN1CCC(/C(N)=C(\CCc2ccc(F)cc2)C(=O)Nc2nc3ccccc3[nH]2)CC1. The number of allylic oxidation sites excluding steroid dienone is 1. The van der Waals surface area contributed by atoms with Crippen molar-refractivity contribution in [3.63, 3.8) is 0 Å². The molecule has 1 fully saturated rings. The van der Waals surface area contributed by atoms with E-state index in [-0.39, 0.29) is 17.6 Å². The van der Waals surface area contributed by atoms with Gasteiger partial charge < -0.3 is 15.6 Å². The monoisotopic (exact) mass is 421 g/mol. The fourth-order valence-electron chi connectivity index (χ4n) is 4.07. The molecule has 162 valence electrons. The van der Waals surface area contributed by atoms with Gasteiger partial charge in [0.1, 0.15) is 5.82 Å². The summed E-state index contributed by atoms with van der Waals surface area (Å²) in [4.78, 5) is 23.1. The van der Waals surface area contributed by atoms with Crippen molar-refractivity contribution in [3.8, 4) is 0 Å². The van der Waals surface area contributed by atoms with Crippen LogP contribution in [-0.4, -0.2) is 40.9 Å². The molecule has 0 spiro atoms. The van der Waals surface area contributed by atoms with E-state index in [1.165, 1.54) is 12.1 Å². The predicted molar refractivity (Wildman–Crippen MR) is 121 cm³/mol. The smallest absolute Gasteiger partial charge is 0.255 e. The molecule has 6 nitrogen and oxygen atoms in total. The highest BCUT2D eigenvalue weighted by Crippen LogP contribution is 2.26. The Morgan fingerprint density at radius 1 is 1.19 bits per heavy atom. The number of hydrogen-bond acceptors (Lipinski definition) is 4. The number of halogens is 1. The lowest BCUT2D eigenvalue weighted by Gasteiger charge is -2.30. The van der Waals surface area contributed by atoms with Crippen molar-refractivity contribution in [2.75, 3.05) is 25.5 Å². The van der Waals surface area contributed by atoms with Crippen molar-refractivity contribution in [3.05, 3.63) is 71.2 Å². The Bertz CT molecular complexity index is 1050. The van der Waals surface area contributed by atoms with Crippen LogP contribution in [-0.2, 0) is 11.2 Å². The molecule has 2 aromatic carbocycles. The summed E-state index contributed by atoms with van der Waals surface area (Å²) in [6.07, 6.45) is 2.95. The Morgan fingerprint density at radius 2 is 1.90 bits per heavy atom. The molecule has 2 heterocycles. The normalized spacial score (nSPS) is 16.3. The van der Waals surface area contributed by atoms with Crippen LogP contribution in [0.5, 0.6) is 0 Å². The number of anilines is 1. The molecular weight excluding hydrogens is 393 g/mol. The maximum atomic E-state index is 13.2. The number of piperidine rings is 1. The molecule has 0 unspecified atom stereocenters. The Labute approximate surface area is 181 Å². The van der Waals surface area contributed by atoms with Gasteiger partial charge in [0.15, 0.2) is 0 Å². The lowest BCUT2D eigenvalue weighted by Crippen LogP contribution is -2.34. The van der Waals surface area contributed by atoms with E-state index < -0.39 is 0 Å². The summed E-state index contributed by atoms with van der Waals surface area (Å²) >= 11 is 0. The third kappa shape index (κ3) is 5.11. The van der Waals surface area contributed by atoms with E-state index >= 15 is 0 Å². The summed E-state index contributed by atoms with van der Waals surface area (Å²) < 4.78 is 13.2. The fourth-order valence-corrected chi connectivity index (χ4v) is 4.07. The lowest BCUT2D eigenvalue weighted by atomic mass is 9.89. The van der Waals surface area contributed by atoms with Gasteiger partial charge in [0.2, 0.25) is 5.95 Å². The van der Waals surface area contributed by atoms with E-state index in [4.69, 9.17) is 5.73 Å². The van der Waals surface area contributed by atoms with Crippen LogP contribution in [0.1, 0.15) is 24.8 Å². The maximum Gasteiger partial charge on any atom is 0.255 e.